The average Bonchev–Trinajstić information content (AvgIpc) is 2.97. The van der Waals surface area contributed by atoms with Crippen molar-refractivity contribution in [3.05, 3.63) is 107 Å². The van der Waals surface area contributed by atoms with E-state index in [0.717, 1.165) is 11.3 Å². The number of nitrogens with zero attached hydrogens (tertiary/aromatic N) is 1. The zero-order valence-electron chi connectivity index (χ0n) is 14.8. The number of carbonyl (C=O) groups excluding carboxylic acids is 1. The summed E-state index contributed by atoms with van der Waals surface area (Å²) in [6.07, 6.45) is 4.90. The number of benzene rings is 3. The number of allylic oxidation sites excluding steroid dienone is 1. The number of fused-ring (bicyclic) bond motifs is 1. The molecule has 26 heavy (non-hydrogen) atoms. The number of likely N-dealkylation sites (N-methyl/N-ethyl adjacent to an activating group) is 1. The summed E-state index contributed by atoms with van der Waals surface area (Å²) in [5.74, 6) is 0.316. The lowest BCUT2D eigenvalue weighted by molar-refractivity contribution is -0.117. The minimum atomic E-state index is 0.155. The molecule has 0 fully saturated rings. The zero-order chi connectivity index (χ0) is 17.9. The third-order valence-corrected chi connectivity index (χ3v) is 4.98. The van der Waals surface area contributed by atoms with Gasteiger partial charge in [0.25, 0.3) is 0 Å². The third-order valence-electron chi connectivity index (χ3n) is 4.98. The highest BCUT2D eigenvalue weighted by atomic mass is 16.2. The standard InChI is InChI=1S/C24H21NO/c1-25-23-15-13-20(16-21(23)17-24(25)26)22(19-10-6-3-7-11-19)14-12-18-8-4-2-5-9-18/h2-16,22H,17H2,1H3/b14-12+. The third kappa shape index (κ3) is 3.18. The van der Waals surface area contributed by atoms with Gasteiger partial charge in [-0.15, -0.1) is 0 Å². The predicted octanol–water partition coefficient (Wildman–Crippen LogP) is 5.05. The molecule has 1 atom stereocenters. The minimum absolute atomic E-state index is 0.155. The lowest BCUT2D eigenvalue weighted by Crippen LogP contribution is -2.20. The summed E-state index contributed by atoms with van der Waals surface area (Å²) in [5.41, 5.74) is 5.79. The normalized spacial score (nSPS) is 14.7. The van der Waals surface area contributed by atoms with Crippen molar-refractivity contribution in [2.75, 3.05) is 11.9 Å². The van der Waals surface area contributed by atoms with Crippen LogP contribution in [-0.2, 0) is 11.2 Å². The second-order valence-electron chi connectivity index (χ2n) is 6.68. The second-order valence-corrected chi connectivity index (χ2v) is 6.68. The van der Waals surface area contributed by atoms with E-state index in [2.05, 4.69) is 66.7 Å². The Morgan fingerprint density at radius 1 is 0.885 bits per heavy atom. The first-order valence-corrected chi connectivity index (χ1v) is 8.90. The maximum Gasteiger partial charge on any atom is 0.231 e. The largest absolute Gasteiger partial charge is 0.315 e. The number of hydrogen-bond acceptors (Lipinski definition) is 1. The van der Waals surface area contributed by atoms with Crippen LogP contribution < -0.4 is 4.90 Å². The molecule has 0 aromatic heterocycles. The van der Waals surface area contributed by atoms with Crippen LogP contribution in [0.3, 0.4) is 0 Å². The molecule has 0 N–H and O–H groups in total. The fraction of sp³-hybridized carbons (Fsp3) is 0.125. The van der Waals surface area contributed by atoms with Gasteiger partial charge in [0, 0.05) is 18.7 Å². The highest BCUT2D eigenvalue weighted by molar-refractivity contribution is 6.01. The molecule has 0 saturated carbocycles. The van der Waals surface area contributed by atoms with Crippen molar-refractivity contribution < 1.29 is 4.79 Å². The summed E-state index contributed by atoms with van der Waals surface area (Å²) < 4.78 is 0. The van der Waals surface area contributed by atoms with E-state index in [0.29, 0.717) is 6.42 Å². The van der Waals surface area contributed by atoms with Crippen LogP contribution in [0.2, 0.25) is 0 Å². The Bertz CT molecular complexity index is 944. The van der Waals surface area contributed by atoms with E-state index in [9.17, 15) is 4.79 Å². The number of rotatable bonds is 4. The lowest BCUT2D eigenvalue weighted by Gasteiger charge is -2.16. The minimum Gasteiger partial charge on any atom is -0.315 e. The molecule has 1 unspecified atom stereocenters. The maximum atomic E-state index is 12.0. The van der Waals surface area contributed by atoms with Crippen molar-refractivity contribution in [1.29, 1.82) is 0 Å². The Hall–Kier alpha value is -3.13. The summed E-state index contributed by atoms with van der Waals surface area (Å²) in [7, 11) is 1.85. The van der Waals surface area contributed by atoms with Gasteiger partial charge in [-0.05, 0) is 28.3 Å². The quantitative estimate of drug-likeness (QED) is 0.651. The molecule has 2 heteroatoms. The van der Waals surface area contributed by atoms with Crippen LogP contribution >= 0.6 is 0 Å². The molecule has 1 aliphatic heterocycles. The first-order valence-electron chi connectivity index (χ1n) is 8.90. The van der Waals surface area contributed by atoms with Crippen molar-refractivity contribution in [3.63, 3.8) is 0 Å². The Kier molecular flexibility index (Phi) is 4.40. The second kappa shape index (κ2) is 7.01. The Morgan fingerprint density at radius 3 is 2.31 bits per heavy atom. The average molecular weight is 339 g/mol. The molecule has 3 aromatic rings. The van der Waals surface area contributed by atoms with Crippen molar-refractivity contribution in [1.82, 2.24) is 0 Å². The first kappa shape index (κ1) is 16.3. The van der Waals surface area contributed by atoms with Gasteiger partial charge in [0.05, 0.1) is 6.42 Å². The smallest absolute Gasteiger partial charge is 0.231 e. The molecule has 0 spiro atoms. The fourth-order valence-electron chi connectivity index (χ4n) is 3.53. The molecule has 0 bridgehead atoms. The molecule has 0 saturated heterocycles. The van der Waals surface area contributed by atoms with Gasteiger partial charge in [-0.25, -0.2) is 0 Å². The summed E-state index contributed by atoms with van der Waals surface area (Å²) in [4.78, 5) is 13.8. The van der Waals surface area contributed by atoms with Gasteiger partial charge >= 0.3 is 0 Å². The van der Waals surface area contributed by atoms with Crippen molar-refractivity contribution in [2.24, 2.45) is 0 Å². The molecule has 1 heterocycles. The number of carbonyl (C=O) groups is 1. The van der Waals surface area contributed by atoms with Gasteiger partial charge in [0.15, 0.2) is 0 Å². The van der Waals surface area contributed by atoms with Gasteiger partial charge in [0.1, 0.15) is 0 Å². The Labute approximate surface area is 154 Å². The van der Waals surface area contributed by atoms with E-state index in [4.69, 9.17) is 0 Å². The van der Waals surface area contributed by atoms with Crippen LogP contribution in [-0.4, -0.2) is 13.0 Å². The van der Waals surface area contributed by atoms with Crippen LogP contribution in [0.4, 0.5) is 5.69 Å². The summed E-state index contributed by atoms with van der Waals surface area (Å²) in [6.45, 7) is 0. The molecule has 1 aliphatic rings. The fourth-order valence-corrected chi connectivity index (χ4v) is 3.53. The predicted molar refractivity (Wildman–Crippen MR) is 107 cm³/mol. The maximum absolute atomic E-state index is 12.0. The molecule has 1 amide bonds. The summed E-state index contributed by atoms with van der Waals surface area (Å²) in [6, 6.07) is 27.2. The molecular formula is C24H21NO. The SMILES string of the molecule is CN1C(=O)Cc2cc(C(/C=C/c3ccccc3)c3ccccc3)ccc21. The summed E-state index contributed by atoms with van der Waals surface area (Å²) in [5, 5.41) is 0. The van der Waals surface area contributed by atoms with E-state index in [1.807, 2.05) is 31.3 Å². The number of anilines is 1. The summed E-state index contributed by atoms with van der Waals surface area (Å²) >= 11 is 0. The van der Waals surface area contributed by atoms with E-state index < -0.39 is 0 Å². The zero-order valence-corrected chi connectivity index (χ0v) is 14.8. The first-order chi connectivity index (χ1) is 12.7. The van der Waals surface area contributed by atoms with Crippen LogP contribution in [0, 0.1) is 0 Å². The molecule has 4 rings (SSSR count). The molecule has 0 radical (unpaired) electrons. The monoisotopic (exact) mass is 339 g/mol. The number of amides is 1. The van der Waals surface area contributed by atoms with Crippen molar-refractivity contribution in [2.45, 2.75) is 12.3 Å². The van der Waals surface area contributed by atoms with E-state index in [1.54, 1.807) is 4.90 Å². The Morgan fingerprint density at radius 2 is 1.58 bits per heavy atom. The lowest BCUT2D eigenvalue weighted by atomic mass is 9.89. The van der Waals surface area contributed by atoms with Crippen molar-refractivity contribution in [3.8, 4) is 0 Å². The van der Waals surface area contributed by atoms with Gasteiger partial charge in [-0.1, -0.05) is 84.9 Å². The highest BCUT2D eigenvalue weighted by Gasteiger charge is 2.25. The molecule has 2 nitrogen and oxygen atoms in total. The topological polar surface area (TPSA) is 20.3 Å². The highest BCUT2D eigenvalue weighted by Crippen LogP contribution is 2.34. The van der Waals surface area contributed by atoms with Crippen molar-refractivity contribution >= 4 is 17.7 Å². The van der Waals surface area contributed by atoms with E-state index in [-0.39, 0.29) is 11.8 Å². The van der Waals surface area contributed by atoms with Gasteiger partial charge in [0.2, 0.25) is 5.91 Å². The molecule has 3 aromatic carbocycles. The Balaban J connectivity index is 1.73. The van der Waals surface area contributed by atoms with Crippen LogP contribution in [0.5, 0.6) is 0 Å². The number of hydrogen-bond donors (Lipinski definition) is 0. The van der Waals surface area contributed by atoms with E-state index in [1.165, 1.54) is 16.7 Å². The van der Waals surface area contributed by atoms with Gasteiger partial charge in [-0.2, -0.15) is 0 Å². The molecule has 128 valence electrons. The van der Waals surface area contributed by atoms with Crippen LogP contribution in [0.1, 0.15) is 28.2 Å². The molecule has 0 aliphatic carbocycles. The van der Waals surface area contributed by atoms with Gasteiger partial charge in [-0.3, -0.25) is 4.79 Å². The van der Waals surface area contributed by atoms with E-state index >= 15 is 0 Å². The molecular weight excluding hydrogens is 318 g/mol. The van der Waals surface area contributed by atoms with Crippen LogP contribution in [0.15, 0.2) is 84.9 Å². The van der Waals surface area contributed by atoms with Crippen LogP contribution in [0.25, 0.3) is 6.08 Å². The van der Waals surface area contributed by atoms with Gasteiger partial charge < -0.3 is 4.90 Å².